The number of hydrogen-bond donors (Lipinski definition) is 4. The van der Waals surface area contributed by atoms with Gasteiger partial charge in [0.25, 0.3) is 5.91 Å². The predicted octanol–water partition coefficient (Wildman–Crippen LogP) is 2.05. The molecule has 2 rings (SSSR count). The average molecular weight is 620 g/mol. The fourth-order valence-electron chi connectivity index (χ4n) is 4.84. The van der Waals surface area contributed by atoms with Gasteiger partial charge < -0.3 is 30.7 Å². The second-order valence-electron chi connectivity index (χ2n) is 12.4. The number of likely N-dealkylation sites (N-methyl/N-ethyl adjacent to an activating group) is 1. The van der Waals surface area contributed by atoms with E-state index < -0.39 is 59.6 Å². The highest BCUT2D eigenvalue weighted by Crippen LogP contribution is 2.19. The molecule has 1 fully saturated rings. The van der Waals surface area contributed by atoms with Crippen LogP contribution in [0.3, 0.4) is 0 Å². The summed E-state index contributed by atoms with van der Waals surface area (Å²) in [6, 6.07) is 5.75. The van der Waals surface area contributed by atoms with E-state index >= 15 is 0 Å². The van der Waals surface area contributed by atoms with Gasteiger partial charge in [0.15, 0.2) is 0 Å². The molecule has 1 unspecified atom stereocenters. The Balaban J connectivity index is 2.24. The average Bonchev–Trinajstić information content (AvgIpc) is 3.36. The van der Waals surface area contributed by atoms with Crippen LogP contribution in [0.4, 0.5) is 4.79 Å². The summed E-state index contributed by atoms with van der Waals surface area (Å²) in [4.78, 5) is 70.4. The third-order valence-corrected chi connectivity index (χ3v) is 7.00. The number of carbonyl (C=O) groups is 5. The fourth-order valence-corrected chi connectivity index (χ4v) is 4.84. The number of hydroxylamine groups is 2. The van der Waals surface area contributed by atoms with Crippen molar-refractivity contribution in [3.05, 3.63) is 35.9 Å². The van der Waals surface area contributed by atoms with Gasteiger partial charge in [-0.1, -0.05) is 44.2 Å². The molecule has 5 atom stereocenters. The first-order valence-corrected chi connectivity index (χ1v) is 15.0. The van der Waals surface area contributed by atoms with E-state index in [2.05, 4.69) is 21.3 Å². The number of ether oxygens (including phenoxy) is 2. The number of carbonyl (C=O) groups excluding carboxylic acids is 5. The van der Waals surface area contributed by atoms with Crippen molar-refractivity contribution in [2.75, 3.05) is 20.7 Å². The van der Waals surface area contributed by atoms with Crippen LogP contribution in [0.2, 0.25) is 0 Å². The topological polar surface area (TPSA) is 164 Å². The summed E-state index contributed by atoms with van der Waals surface area (Å²) >= 11 is 0. The molecular formula is C31H49N5O8. The van der Waals surface area contributed by atoms with Gasteiger partial charge in [-0.2, -0.15) is 0 Å². The molecule has 4 N–H and O–H groups in total. The van der Waals surface area contributed by atoms with E-state index in [9.17, 15) is 24.0 Å². The van der Waals surface area contributed by atoms with Gasteiger partial charge in [0.05, 0.1) is 18.8 Å². The minimum Gasteiger partial charge on any atom is -0.445 e. The number of amides is 5. The number of nitrogens with one attached hydrogen (secondary N) is 4. The molecule has 0 spiro atoms. The van der Waals surface area contributed by atoms with Crippen molar-refractivity contribution in [2.45, 2.75) is 97.2 Å². The van der Waals surface area contributed by atoms with Crippen LogP contribution in [-0.4, -0.2) is 85.3 Å². The monoisotopic (exact) mass is 619 g/mol. The Kier molecular flexibility index (Phi) is 14.1. The lowest BCUT2D eigenvalue weighted by molar-refractivity contribution is -0.172. The minimum absolute atomic E-state index is 0.00173. The number of nitrogens with zero attached hydrogens (tertiary/aromatic N) is 1. The van der Waals surface area contributed by atoms with Gasteiger partial charge >= 0.3 is 6.09 Å². The normalized spacial score (nSPS) is 17.6. The highest BCUT2D eigenvalue weighted by molar-refractivity contribution is 5.94. The summed E-state index contributed by atoms with van der Waals surface area (Å²) in [5.41, 5.74) is 0.130. The summed E-state index contributed by atoms with van der Waals surface area (Å²) in [6.07, 6.45) is -0.789. The van der Waals surface area contributed by atoms with Crippen molar-refractivity contribution >= 4 is 29.7 Å². The molecular weight excluding hydrogens is 570 g/mol. The number of alkyl carbamates (subject to hydrolysis) is 1. The molecule has 246 valence electrons. The third-order valence-electron chi connectivity index (χ3n) is 7.00. The van der Waals surface area contributed by atoms with Crippen molar-refractivity contribution in [1.29, 1.82) is 0 Å². The Morgan fingerprint density at radius 2 is 1.64 bits per heavy atom. The molecule has 1 saturated heterocycles. The van der Waals surface area contributed by atoms with Gasteiger partial charge in [-0.25, -0.2) is 9.86 Å². The second-order valence-corrected chi connectivity index (χ2v) is 12.4. The maximum absolute atomic E-state index is 13.7. The molecule has 0 bridgehead atoms. The standard InChI is InChI=1S/C31H49N5O8/c1-19(2)16-23(27(38)34-24(29(40)36(7)42-8)17-22-14-15-32-26(22)37)33-28(39)25(20(3)44-31(4,5)6)35-30(41)43-18-21-12-10-9-11-13-21/h9-13,19-20,22-25H,14-18H2,1-8H3,(H,32,37)(H,33,39)(H,34,38)(H,35,41)/t20?,22-,23-,24-,25-/m0/s1. The van der Waals surface area contributed by atoms with Crippen LogP contribution >= 0.6 is 0 Å². The summed E-state index contributed by atoms with van der Waals surface area (Å²) in [6.45, 7) is 11.4. The van der Waals surface area contributed by atoms with Crippen molar-refractivity contribution in [1.82, 2.24) is 26.3 Å². The summed E-state index contributed by atoms with van der Waals surface area (Å²) in [5.74, 6) is -2.48. The first-order valence-electron chi connectivity index (χ1n) is 15.0. The van der Waals surface area contributed by atoms with E-state index in [0.29, 0.717) is 13.0 Å². The fraction of sp³-hybridized carbons (Fsp3) is 0.645. The Hall–Kier alpha value is -3.71. The van der Waals surface area contributed by atoms with Gasteiger partial charge in [0.2, 0.25) is 17.7 Å². The lowest BCUT2D eigenvalue weighted by atomic mass is 9.96. The number of benzene rings is 1. The quantitative estimate of drug-likeness (QED) is 0.217. The zero-order valence-corrected chi connectivity index (χ0v) is 27.1. The maximum Gasteiger partial charge on any atom is 0.408 e. The SMILES string of the molecule is CON(C)C(=O)[C@H](C[C@@H]1CCNC1=O)NC(=O)[C@H](CC(C)C)NC(=O)[C@@H](NC(=O)OCc1ccccc1)C(C)OC(C)(C)C. The van der Waals surface area contributed by atoms with E-state index in [4.69, 9.17) is 14.3 Å². The number of hydrogen-bond acceptors (Lipinski definition) is 8. The van der Waals surface area contributed by atoms with Gasteiger partial charge in [-0.15, -0.1) is 0 Å². The molecule has 0 radical (unpaired) electrons. The lowest BCUT2D eigenvalue weighted by Crippen LogP contribution is -2.60. The maximum atomic E-state index is 13.7. The lowest BCUT2D eigenvalue weighted by Gasteiger charge is -2.32. The van der Waals surface area contributed by atoms with E-state index in [-0.39, 0.29) is 31.3 Å². The van der Waals surface area contributed by atoms with Gasteiger partial charge in [-0.05, 0) is 58.4 Å². The Labute approximate surface area is 260 Å². The molecule has 13 heteroatoms. The number of rotatable bonds is 15. The second kappa shape index (κ2) is 17.0. The van der Waals surface area contributed by atoms with Crippen molar-refractivity contribution in [2.24, 2.45) is 11.8 Å². The zero-order chi connectivity index (χ0) is 33.0. The molecule has 1 heterocycles. The molecule has 1 aliphatic heterocycles. The zero-order valence-electron chi connectivity index (χ0n) is 27.1. The molecule has 13 nitrogen and oxygen atoms in total. The van der Waals surface area contributed by atoms with E-state index in [1.165, 1.54) is 14.2 Å². The largest absolute Gasteiger partial charge is 0.445 e. The molecule has 1 aliphatic rings. The Morgan fingerprint density at radius 1 is 1.00 bits per heavy atom. The molecule has 1 aromatic rings. The third kappa shape index (κ3) is 12.1. The van der Waals surface area contributed by atoms with Crippen LogP contribution < -0.4 is 21.3 Å². The van der Waals surface area contributed by atoms with Crippen LogP contribution in [-0.2, 0) is 40.1 Å². The summed E-state index contributed by atoms with van der Waals surface area (Å²) < 4.78 is 11.3. The van der Waals surface area contributed by atoms with E-state index in [1.54, 1.807) is 19.1 Å². The summed E-state index contributed by atoms with van der Waals surface area (Å²) in [5, 5.41) is 11.8. The van der Waals surface area contributed by atoms with Crippen molar-refractivity contribution in [3.8, 4) is 0 Å². The van der Waals surface area contributed by atoms with Crippen molar-refractivity contribution < 1.29 is 38.3 Å². The van der Waals surface area contributed by atoms with Gasteiger partial charge in [-0.3, -0.25) is 24.0 Å². The van der Waals surface area contributed by atoms with Crippen molar-refractivity contribution in [3.63, 3.8) is 0 Å². The smallest absolute Gasteiger partial charge is 0.408 e. The molecule has 0 aromatic heterocycles. The Morgan fingerprint density at radius 3 is 2.18 bits per heavy atom. The van der Waals surface area contributed by atoms with Gasteiger partial charge in [0, 0.05) is 19.5 Å². The van der Waals surface area contributed by atoms with Crippen LogP contribution in [0.15, 0.2) is 30.3 Å². The van der Waals surface area contributed by atoms with Crippen LogP contribution in [0.25, 0.3) is 0 Å². The van der Waals surface area contributed by atoms with Crippen LogP contribution in [0, 0.1) is 11.8 Å². The van der Waals surface area contributed by atoms with E-state index in [0.717, 1.165) is 10.6 Å². The van der Waals surface area contributed by atoms with Gasteiger partial charge in [0.1, 0.15) is 24.7 Å². The predicted molar refractivity (Wildman–Crippen MR) is 163 cm³/mol. The first kappa shape index (κ1) is 36.5. The minimum atomic E-state index is -1.21. The molecule has 0 aliphatic carbocycles. The molecule has 5 amide bonds. The highest BCUT2D eigenvalue weighted by Gasteiger charge is 2.37. The van der Waals surface area contributed by atoms with Crippen LogP contribution in [0.1, 0.15) is 66.4 Å². The highest BCUT2D eigenvalue weighted by atomic mass is 16.7. The van der Waals surface area contributed by atoms with Crippen LogP contribution in [0.5, 0.6) is 0 Å². The summed E-state index contributed by atoms with van der Waals surface area (Å²) in [7, 11) is 2.73. The first-order chi connectivity index (χ1) is 20.6. The van der Waals surface area contributed by atoms with E-state index in [1.807, 2.05) is 52.8 Å². The molecule has 0 saturated carbocycles. The molecule has 44 heavy (non-hydrogen) atoms. The Bertz CT molecular complexity index is 1120. The molecule has 1 aromatic carbocycles.